The molecule has 0 amide bonds. The number of benzene rings is 1. The quantitative estimate of drug-likeness (QED) is 0.610. The third-order valence-corrected chi connectivity index (χ3v) is 3.38. The number of carbonyl (C=O) groups excluding carboxylic acids is 2. The van der Waals surface area contributed by atoms with Crippen molar-refractivity contribution in [2.24, 2.45) is 5.41 Å². The second-order valence-corrected chi connectivity index (χ2v) is 6.32. The van der Waals surface area contributed by atoms with Gasteiger partial charge in [0, 0.05) is 0 Å². The highest BCUT2D eigenvalue weighted by Gasteiger charge is 2.45. The molecule has 1 aromatic carbocycles. The van der Waals surface area contributed by atoms with Crippen LogP contribution in [0.3, 0.4) is 0 Å². The van der Waals surface area contributed by atoms with Gasteiger partial charge in [-0.3, -0.25) is 9.59 Å². The molecule has 1 rings (SSSR count). The first-order valence-electron chi connectivity index (χ1n) is 6.98. The Hall–Kier alpha value is -1.64. The lowest BCUT2D eigenvalue weighted by molar-refractivity contribution is -0.156. The molecule has 0 fully saturated rings. The molecule has 0 aromatic heterocycles. The first kappa shape index (κ1) is 16.4. The van der Waals surface area contributed by atoms with Crippen LogP contribution in [0.15, 0.2) is 30.3 Å². The minimum atomic E-state index is -1.19. The number of hydrogen-bond acceptors (Lipinski definition) is 3. The number of ketones is 1. The van der Waals surface area contributed by atoms with Gasteiger partial charge in [-0.25, -0.2) is 0 Å². The van der Waals surface area contributed by atoms with E-state index in [1.807, 2.05) is 58.0 Å². The Morgan fingerprint density at radius 1 is 1.10 bits per heavy atom. The Labute approximate surface area is 121 Å². The zero-order chi connectivity index (χ0) is 15.4. The molecule has 0 aliphatic rings. The molecule has 0 N–H and O–H groups in total. The minimum absolute atomic E-state index is 0.122. The Morgan fingerprint density at radius 3 is 2.05 bits per heavy atom. The molecule has 110 valence electrons. The fourth-order valence-electron chi connectivity index (χ4n) is 2.19. The van der Waals surface area contributed by atoms with Crippen LogP contribution in [0, 0.1) is 5.41 Å². The van der Waals surface area contributed by atoms with E-state index in [0.29, 0.717) is 18.6 Å². The average molecular weight is 276 g/mol. The summed E-state index contributed by atoms with van der Waals surface area (Å²) in [5.74, 6) is -0.626. The van der Waals surface area contributed by atoms with Gasteiger partial charge < -0.3 is 4.74 Å². The number of hydrogen-bond donors (Lipinski definition) is 0. The van der Waals surface area contributed by atoms with Crippen LogP contribution in [0.1, 0.15) is 46.6 Å². The maximum atomic E-state index is 12.5. The van der Waals surface area contributed by atoms with Crippen LogP contribution in [-0.2, 0) is 19.7 Å². The predicted octanol–water partition coefficient (Wildman–Crippen LogP) is 3.51. The van der Waals surface area contributed by atoms with Gasteiger partial charge in [0.15, 0.2) is 11.2 Å². The molecule has 0 saturated heterocycles. The summed E-state index contributed by atoms with van der Waals surface area (Å²) in [6.45, 7) is 9.56. The van der Waals surface area contributed by atoms with Crippen LogP contribution in [0.2, 0.25) is 0 Å². The number of esters is 1. The molecular formula is C17H24O3. The fourth-order valence-corrected chi connectivity index (χ4v) is 2.19. The van der Waals surface area contributed by atoms with Crippen LogP contribution in [0.25, 0.3) is 0 Å². The van der Waals surface area contributed by atoms with E-state index in [9.17, 15) is 9.59 Å². The monoisotopic (exact) mass is 276 g/mol. The molecule has 0 bridgehead atoms. The van der Waals surface area contributed by atoms with E-state index in [-0.39, 0.29) is 11.2 Å². The lowest BCUT2D eigenvalue weighted by Crippen LogP contribution is -2.44. The van der Waals surface area contributed by atoms with E-state index in [1.54, 1.807) is 0 Å². The molecule has 1 atom stereocenters. The molecule has 1 aromatic rings. The molecule has 0 aliphatic heterocycles. The molecule has 0 spiro atoms. The van der Waals surface area contributed by atoms with E-state index < -0.39 is 11.4 Å². The van der Waals surface area contributed by atoms with Gasteiger partial charge in [-0.1, -0.05) is 58.0 Å². The Morgan fingerprint density at radius 2 is 1.65 bits per heavy atom. The summed E-state index contributed by atoms with van der Waals surface area (Å²) in [6, 6.07) is 9.15. The van der Waals surface area contributed by atoms with Gasteiger partial charge in [-0.05, 0) is 24.3 Å². The maximum Gasteiger partial charge on any atom is 0.324 e. The third kappa shape index (κ3) is 3.47. The van der Waals surface area contributed by atoms with Crippen LogP contribution >= 0.6 is 0 Å². The lowest BCUT2D eigenvalue weighted by Gasteiger charge is -2.30. The summed E-state index contributed by atoms with van der Waals surface area (Å²) < 4.78 is 5.42. The Bertz CT molecular complexity index is 471. The highest BCUT2D eigenvalue weighted by atomic mass is 16.5. The maximum absolute atomic E-state index is 12.5. The van der Waals surface area contributed by atoms with Gasteiger partial charge in [0.25, 0.3) is 0 Å². The van der Waals surface area contributed by atoms with Crippen LogP contribution < -0.4 is 0 Å². The number of Topliss-reactive ketones (excluding diaryl/α,β-unsaturated/α-hetero) is 1. The van der Waals surface area contributed by atoms with Crippen molar-refractivity contribution >= 4 is 11.8 Å². The van der Waals surface area contributed by atoms with Gasteiger partial charge in [0.1, 0.15) is 0 Å². The number of rotatable bonds is 5. The molecule has 3 heteroatoms. The van der Waals surface area contributed by atoms with Crippen molar-refractivity contribution in [1.82, 2.24) is 0 Å². The van der Waals surface area contributed by atoms with E-state index >= 15 is 0 Å². The highest BCUT2D eigenvalue weighted by Crippen LogP contribution is 2.31. The summed E-state index contributed by atoms with van der Waals surface area (Å²) in [5.41, 5.74) is -0.608. The van der Waals surface area contributed by atoms with Crippen LogP contribution in [0.4, 0.5) is 0 Å². The molecule has 0 radical (unpaired) electrons. The van der Waals surface area contributed by atoms with Crippen molar-refractivity contribution in [2.45, 2.75) is 46.5 Å². The Balaban J connectivity index is 3.13. The van der Waals surface area contributed by atoms with Crippen LogP contribution in [0.5, 0.6) is 0 Å². The molecule has 0 aliphatic carbocycles. The van der Waals surface area contributed by atoms with Crippen molar-refractivity contribution in [3.8, 4) is 0 Å². The second kappa shape index (κ2) is 6.21. The normalized spacial score (nSPS) is 14.4. The molecule has 20 heavy (non-hydrogen) atoms. The fraction of sp³-hybridized carbons (Fsp3) is 0.529. The van der Waals surface area contributed by atoms with Crippen molar-refractivity contribution < 1.29 is 14.3 Å². The number of carbonyl (C=O) groups is 2. The van der Waals surface area contributed by atoms with E-state index in [0.717, 1.165) is 0 Å². The molecular weight excluding hydrogens is 252 g/mol. The van der Waals surface area contributed by atoms with Gasteiger partial charge in [0.2, 0.25) is 0 Å². The van der Waals surface area contributed by atoms with Crippen molar-refractivity contribution in [1.29, 1.82) is 0 Å². The van der Waals surface area contributed by atoms with Crippen LogP contribution in [-0.4, -0.2) is 18.4 Å². The third-order valence-electron chi connectivity index (χ3n) is 3.38. The lowest BCUT2D eigenvalue weighted by atomic mass is 9.75. The smallest absolute Gasteiger partial charge is 0.324 e. The summed E-state index contributed by atoms with van der Waals surface area (Å²) in [6.07, 6.45) is 0.398. The Kier molecular flexibility index (Phi) is 5.09. The van der Waals surface area contributed by atoms with E-state index in [2.05, 4.69) is 0 Å². The average Bonchev–Trinajstić information content (AvgIpc) is 2.38. The zero-order valence-corrected chi connectivity index (χ0v) is 13.0. The van der Waals surface area contributed by atoms with E-state index in [1.165, 1.54) is 6.92 Å². The topological polar surface area (TPSA) is 43.4 Å². The first-order valence-corrected chi connectivity index (χ1v) is 6.98. The molecule has 0 heterocycles. The van der Waals surface area contributed by atoms with Gasteiger partial charge in [-0.2, -0.15) is 0 Å². The number of ether oxygens (including phenoxy) is 1. The van der Waals surface area contributed by atoms with Crippen molar-refractivity contribution in [3.05, 3.63) is 35.9 Å². The summed E-state index contributed by atoms with van der Waals surface area (Å²) in [7, 11) is 0. The van der Waals surface area contributed by atoms with Gasteiger partial charge >= 0.3 is 5.97 Å². The predicted molar refractivity (Wildman–Crippen MR) is 79.5 cm³/mol. The minimum Gasteiger partial charge on any atom is -0.464 e. The molecule has 0 saturated carbocycles. The first-order chi connectivity index (χ1) is 9.24. The molecule has 0 unspecified atom stereocenters. The van der Waals surface area contributed by atoms with Crippen molar-refractivity contribution in [3.63, 3.8) is 0 Å². The van der Waals surface area contributed by atoms with E-state index in [4.69, 9.17) is 4.74 Å². The standard InChI is InChI=1S/C17H24O3/c1-6-17(13(2)18,14-10-8-7-9-11-14)15(19)20-12-16(3,4)5/h7-11H,6,12H2,1-5H3/t17-/m0/s1. The van der Waals surface area contributed by atoms with Gasteiger partial charge in [-0.15, -0.1) is 0 Å². The SMILES string of the molecule is CC[C@@](C(C)=O)(C(=O)OCC(C)(C)C)c1ccccc1. The van der Waals surface area contributed by atoms with Crippen molar-refractivity contribution in [2.75, 3.05) is 6.61 Å². The summed E-state index contributed by atoms with van der Waals surface area (Å²) in [4.78, 5) is 24.7. The largest absolute Gasteiger partial charge is 0.464 e. The highest BCUT2D eigenvalue weighted by molar-refractivity contribution is 6.08. The zero-order valence-electron chi connectivity index (χ0n) is 13.0. The summed E-state index contributed by atoms with van der Waals surface area (Å²) in [5, 5.41) is 0. The second-order valence-electron chi connectivity index (χ2n) is 6.32. The summed E-state index contributed by atoms with van der Waals surface area (Å²) >= 11 is 0. The molecule has 3 nitrogen and oxygen atoms in total. The van der Waals surface area contributed by atoms with Gasteiger partial charge in [0.05, 0.1) is 6.61 Å².